The quantitative estimate of drug-likeness (QED) is 0.729. The summed E-state index contributed by atoms with van der Waals surface area (Å²) in [5.74, 6) is -0.0514. The zero-order valence-electron chi connectivity index (χ0n) is 8.45. The van der Waals surface area contributed by atoms with Gasteiger partial charge in [0.05, 0.1) is 18.7 Å². The number of thiophene rings is 1. The lowest BCUT2D eigenvalue weighted by atomic mass is 10.3. The van der Waals surface area contributed by atoms with Gasteiger partial charge in [0.25, 0.3) is 5.56 Å². The summed E-state index contributed by atoms with van der Waals surface area (Å²) in [5, 5.41) is 9.74. The number of hydrogen-bond donors (Lipinski definition) is 3. The number of aromatic nitrogens is 2. The van der Waals surface area contributed by atoms with E-state index in [0.29, 0.717) is 18.7 Å². The number of carbonyl (C=O) groups excluding carboxylic acids is 1. The van der Waals surface area contributed by atoms with E-state index in [4.69, 9.17) is 0 Å². The Morgan fingerprint density at radius 1 is 1.44 bits per heavy atom. The van der Waals surface area contributed by atoms with Gasteiger partial charge in [0.2, 0.25) is 5.91 Å². The molecule has 0 saturated carbocycles. The van der Waals surface area contributed by atoms with Crippen LogP contribution in [0.4, 0.5) is 0 Å². The summed E-state index contributed by atoms with van der Waals surface area (Å²) < 4.78 is 0. The van der Waals surface area contributed by atoms with E-state index in [9.17, 15) is 9.59 Å². The van der Waals surface area contributed by atoms with E-state index in [2.05, 4.69) is 15.5 Å². The lowest BCUT2D eigenvalue weighted by molar-refractivity contribution is -0.120. The van der Waals surface area contributed by atoms with Crippen LogP contribution in [0.3, 0.4) is 0 Å². The van der Waals surface area contributed by atoms with Crippen LogP contribution in [0.1, 0.15) is 10.6 Å². The second kappa shape index (κ2) is 4.80. The Bertz CT molecular complexity index is 512. The third-order valence-electron chi connectivity index (χ3n) is 2.04. The second-order valence-electron chi connectivity index (χ2n) is 3.32. The highest BCUT2D eigenvalue weighted by molar-refractivity contribution is 7.10. The lowest BCUT2D eigenvalue weighted by Gasteiger charge is -2.01. The highest BCUT2D eigenvalue weighted by atomic mass is 32.1. The van der Waals surface area contributed by atoms with Crippen molar-refractivity contribution in [3.05, 3.63) is 44.5 Å². The first-order chi connectivity index (χ1) is 7.74. The molecule has 0 radical (unpaired) electrons. The van der Waals surface area contributed by atoms with Crippen molar-refractivity contribution in [1.82, 2.24) is 15.5 Å². The first-order valence-electron chi connectivity index (χ1n) is 4.79. The highest BCUT2D eigenvalue weighted by Crippen LogP contribution is 2.08. The molecule has 2 aromatic rings. The Kier molecular flexibility index (Phi) is 3.21. The molecule has 16 heavy (non-hydrogen) atoms. The standard InChI is InChI=1S/C10H11N3O2S/c14-9(5-8-2-1-3-16-8)11-6-7-4-10(15)13-12-7/h1-4H,5-6H2,(H,11,14)(H2,12,13,15). The molecule has 3 N–H and O–H groups in total. The molecule has 0 fully saturated rings. The van der Waals surface area contributed by atoms with Gasteiger partial charge in [0.1, 0.15) is 0 Å². The highest BCUT2D eigenvalue weighted by Gasteiger charge is 2.04. The van der Waals surface area contributed by atoms with E-state index in [1.165, 1.54) is 6.07 Å². The SMILES string of the molecule is O=C(Cc1cccs1)NCc1cc(=O)[nH][nH]1. The number of nitrogens with one attached hydrogen (secondary N) is 3. The van der Waals surface area contributed by atoms with Gasteiger partial charge in [-0.3, -0.25) is 14.7 Å². The van der Waals surface area contributed by atoms with Gasteiger partial charge in [-0.05, 0) is 11.4 Å². The molecule has 2 aromatic heterocycles. The van der Waals surface area contributed by atoms with Crippen molar-refractivity contribution in [2.24, 2.45) is 0 Å². The van der Waals surface area contributed by atoms with Gasteiger partial charge in [-0.25, -0.2) is 0 Å². The maximum Gasteiger partial charge on any atom is 0.264 e. The molecule has 0 aliphatic rings. The van der Waals surface area contributed by atoms with Gasteiger partial charge < -0.3 is 10.4 Å². The minimum Gasteiger partial charge on any atom is -0.350 e. The maximum absolute atomic E-state index is 11.5. The summed E-state index contributed by atoms with van der Waals surface area (Å²) in [6.45, 7) is 0.336. The Hall–Kier alpha value is -1.82. The summed E-state index contributed by atoms with van der Waals surface area (Å²) >= 11 is 1.55. The largest absolute Gasteiger partial charge is 0.350 e. The van der Waals surface area contributed by atoms with Crippen LogP contribution >= 0.6 is 11.3 Å². The molecular weight excluding hydrogens is 226 g/mol. The smallest absolute Gasteiger partial charge is 0.264 e. The Balaban J connectivity index is 1.82. The Morgan fingerprint density at radius 3 is 2.94 bits per heavy atom. The maximum atomic E-state index is 11.5. The number of amides is 1. The molecule has 0 aliphatic heterocycles. The van der Waals surface area contributed by atoms with Crippen LogP contribution in [0, 0.1) is 0 Å². The first-order valence-corrected chi connectivity index (χ1v) is 5.67. The van der Waals surface area contributed by atoms with Gasteiger partial charge >= 0.3 is 0 Å². The molecule has 0 bridgehead atoms. The molecule has 0 aromatic carbocycles. The van der Waals surface area contributed by atoms with Crippen molar-refractivity contribution >= 4 is 17.2 Å². The van der Waals surface area contributed by atoms with Crippen LogP contribution in [0.25, 0.3) is 0 Å². The van der Waals surface area contributed by atoms with Crippen LogP contribution in [-0.2, 0) is 17.8 Å². The Labute approximate surface area is 95.5 Å². The number of rotatable bonds is 4. The normalized spacial score (nSPS) is 10.2. The van der Waals surface area contributed by atoms with Crippen molar-refractivity contribution in [1.29, 1.82) is 0 Å². The molecule has 2 heterocycles. The van der Waals surface area contributed by atoms with E-state index in [1.54, 1.807) is 11.3 Å². The van der Waals surface area contributed by atoms with Crippen molar-refractivity contribution in [3.8, 4) is 0 Å². The number of hydrogen-bond acceptors (Lipinski definition) is 3. The van der Waals surface area contributed by atoms with Crippen molar-refractivity contribution in [2.75, 3.05) is 0 Å². The molecule has 0 aliphatic carbocycles. The molecular formula is C10H11N3O2S. The van der Waals surface area contributed by atoms with E-state index < -0.39 is 0 Å². The molecule has 2 rings (SSSR count). The molecule has 0 saturated heterocycles. The summed E-state index contributed by atoms with van der Waals surface area (Å²) in [7, 11) is 0. The molecule has 5 nitrogen and oxygen atoms in total. The van der Waals surface area contributed by atoms with Gasteiger partial charge in [-0.15, -0.1) is 11.3 Å². The predicted octanol–water partition coefficient (Wildman–Crippen LogP) is 0.623. The molecule has 0 atom stereocenters. The van der Waals surface area contributed by atoms with E-state index in [1.807, 2.05) is 17.5 Å². The van der Waals surface area contributed by atoms with Gasteiger partial charge in [0.15, 0.2) is 0 Å². The summed E-state index contributed by atoms with van der Waals surface area (Å²) in [4.78, 5) is 23.3. The fourth-order valence-corrected chi connectivity index (χ4v) is 2.00. The summed E-state index contributed by atoms with van der Waals surface area (Å²) in [6.07, 6.45) is 0.381. The minimum absolute atomic E-state index is 0.0514. The van der Waals surface area contributed by atoms with Crippen LogP contribution in [-0.4, -0.2) is 16.1 Å². The molecule has 6 heteroatoms. The Morgan fingerprint density at radius 2 is 2.31 bits per heavy atom. The monoisotopic (exact) mass is 237 g/mol. The molecule has 1 amide bonds. The van der Waals surface area contributed by atoms with Crippen molar-refractivity contribution in [2.45, 2.75) is 13.0 Å². The molecule has 84 valence electrons. The number of H-pyrrole nitrogens is 2. The van der Waals surface area contributed by atoms with Crippen molar-refractivity contribution in [3.63, 3.8) is 0 Å². The summed E-state index contributed by atoms with van der Waals surface area (Å²) in [5.41, 5.74) is 0.479. The second-order valence-corrected chi connectivity index (χ2v) is 4.35. The summed E-state index contributed by atoms with van der Waals surface area (Å²) in [6, 6.07) is 5.25. The minimum atomic E-state index is -0.192. The lowest BCUT2D eigenvalue weighted by Crippen LogP contribution is -2.24. The van der Waals surface area contributed by atoms with Crippen LogP contribution in [0.2, 0.25) is 0 Å². The zero-order valence-corrected chi connectivity index (χ0v) is 9.26. The third kappa shape index (κ3) is 2.83. The zero-order chi connectivity index (χ0) is 11.4. The third-order valence-corrected chi connectivity index (χ3v) is 2.92. The van der Waals surface area contributed by atoms with E-state index in [0.717, 1.165) is 4.88 Å². The van der Waals surface area contributed by atoms with Crippen molar-refractivity contribution < 1.29 is 4.79 Å². The fourth-order valence-electron chi connectivity index (χ4n) is 1.30. The predicted molar refractivity (Wildman–Crippen MR) is 61.3 cm³/mol. The number of aromatic amines is 2. The first kappa shape index (κ1) is 10.7. The van der Waals surface area contributed by atoms with Gasteiger partial charge in [-0.1, -0.05) is 6.07 Å². The van der Waals surface area contributed by atoms with E-state index in [-0.39, 0.29) is 11.5 Å². The number of carbonyl (C=O) groups is 1. The van der Waals surface area contributed by atoms with Crippen LogP contribution in [0.15, 0.2) is 28.4 Å². The van der Waals surface area contributed by atoms with Gasteiger partial charge in [0, 0.05) is 10.9 Å². The average molecular weight is 237 g/mol. The average Bonchev–Trinajstić information content (AvgIpc) is 2.87. The van der Waals surface area contributed by atoms with E-state index >= 15 is 0 Å². The molecule has 0 unspecified atom stereocenters. The van der Waals surface area contributed by atoms with Gasteiger partial charge in [-0.2, -0.15) is 0 Å². The fraction of sp³-hybridized carbons (Fsp3) is 0.200. The van der Waals surface area contributed by atoms with Crippen LogP contribution < -0.4 is 10.9 Å². The topological polar surface area (TPSA) is 77.8 Å². The molecule has 0 spiro atoms. The van der Waals surface area contributed by atoms with Crippen LogP contribution in [0.5, 0.6) is 0 Å².